The van der Waals surface area contributed by atoms with Crippen LogP contribution in [0.4, 0.5) is 9.18 Å². The quantitative estimate of drug-likeness (QED) is 0.835. The van der Waals surface area contributed by atoms with Gasteiger partial charge in [-0.2, -0.15) is 0 Å². The number of rotatable bonds is 4. The van der Waals surface area contributed by atoms with E-state index in [0.29, 0.717) is 11.3 Å². The van der Waals surface area contributed by atoms with Gasteiger partial charge in [-0.15, -0.1) is 0 Å². The van der Waals surface area contributed by atoms with Crippen LogP contribution >= 0.6 is 0 Å². The molecule has 0 bridgehead atoms. The van der Waals surface area contributed by atoms with Gasteiger partial charge in [0.25, 0.3) is 0 Å². The number of halogens is 1. The van der Waals surface area contributed by atoms with Crippen LogP contribution in [0.3, 0.4) is 0 Å². The van der Waals surface area contributed by atoms with E-state index in [4.69, 9.17) is 9.47 Å². The van der Waals surface area contributed by atoms with Crippen LogP contribution in [-0.4, -0.2) is 18.8 Å². The molecular formula is C14H21FN2O3. The zero-order chi connectivity index (χ0) is 15.3. The molecule has 1 unspecified atom stereocenters. The minimum Gasteiger partial charge on any atom is -0.496 e. The Bertz CT molecular complexity index is 472. The second kappa shape index (κ2) is 6.56. The summed E-state index contributed by atoms with van der Waals surface area (Å²) in [5.41, 5.74) is 4.82. The first-order valence-corrected chi connectivity index (χ1v) is 6.31. The van der Waals surface area contributed by atoms with Crippen molar-refractivity contribution in [3.63, 3.8) is 0 Å². The van der Waals surface area contributed by atoms with E-state index in [-0.39, 0.29) is 0 Å². The average molecular weight is 284 g/mol. The Hall–Kier alpha value is -1.82. The minimum atomic E-state index is -0.625. The van der Waals surface area contributed by atoms with Gasteiger partial charge >= 0.3 is 6.09 Å². The number of hydrogen-bond acceptors (Lipinski definition) is 4. The molecule has 0 aliphatic carbocycles. The molecule has 1 aromatic carbocycles. The molecule has 0 aromatic heterocycles. The minimum absolute atomic E-state index is 0.339. The van der Waals surface area contributed by atoms with Crippen LogP contribution in [0.25, 0.3) is 0 Å². The van der Waals surface area contributed by atoms with Crippen LogP contribution in [0.5, 0.6) is 5.75 Å². The Labute approximate surface area is 118 Å². The van der Waals surface area contributed by atoms with Crippen molar-refractivity contribution >= 4 is 6.09 Å². The molecule has 0 saturated heterocycles. The van der Waals surface area contributed by atoms with E-state index in [2.05, 4.69) is 10.9 Å². The molecule has 0 spiro atoms. The van der Waals surface area contributed by atoms with Crippen LogP contribution in [0.1, 0.15) is 39.3 Å². The zero-order valence-corrected chi connectivity index (χ0v) is 12.4. The van der Waals surface area contributed by atoms with Gasteiger partial charge in [0, 0.05) is 5.56 Å². The van der Waals surface area contributed by atoms with E-state index >= 15 is 0 Å². The van der Waals surface area contributed by atoms with Crippen molar-refractivity contribution in [3.05, 3.63) is 29.6 Å². The molecule has 0 aliphatic heterocycles. The van der Waals surface area contributed by atoms with Gasteiger partial charge in [0.15, 0.2) is 0 Å². The summed E-state index contributed by atoms with van der Waals surface area (Å²) < 4.78 is 24.0. The maximum Gasteiger partial charge on any atom is 0.422 e. The molecule has 0 heterocycles. The summed E-state index contributed by atoms with van der Waals surface area (Å²) in [6.45, 7) is 6.99. The summed E-state index contributed by atoms with van der Waals surface area (Å²) in [6.07, 6.45) is -0.625. The Balaban J connectivity index is 2.68. The molecule has 6 heteroatoms. The van der Waals surface area contributed by atoms with Crippen molar-refractivity contribution in [2.75, 3.05) is 7.11 Å². The average Bonchev–Trinajstić information content (AvgIpc) is 2.33. The van der Waals surface area contributed by atoms with Gasteiger partial charge in [-0.05, 0) is 39.8 Å². The van der Waals surface area contributed by atoms with Crippen molar-refractivity contribution in [1.29, 1.82) is 0 Å². The van der Waals surface area contributed by atoms with Crippen LogP contribution in [0.2, 0.25) is 0 Å². The second-order valence-electron chi connectivity index (χ2n) is 5.35. The number of carbonyl (C=O) groups is 1. The number of amides is 1. The molecule has 112 valence electrons. The number of hydrogen-bond donors (Lipinski definition) is 2. The first kappa shape index (κ1) is 16.2. The standard InChI is InChI=1S/C14H21FN2O3/c1-9(16-17-13(18)20-14(2,3)4)12-10(15)7-6-8-11(12)19-5/h6-9,16H,1-5H3,(H,17,18). The first-order chi connectivity index (χ1) is 9.24. The maximum absolute atomic E-state index is 13.8. The van der Waals surface area contributed by atoms with E-state index in [1.807, 2.05) is 0 Å². The molecule has 0 radical (unpaired) electrons. The number of methoxy groups -OCH3 is 1. The summed E-state index contributed by atoms with van der Waals surface area (Å²) in [4.78, 5) is 11.5. The van der Waals surface area contributed by atoms with Crippen LogP contribution in [0.15, 0.2) is 18.2 Å². The third-order valence-corrected chi connectivity index (χ3v) is 2.46. The largest absolute Gasteiger partial charge is 0.496 e. The highest BCUT2D eigenvalue weighted by Gasteiger charge is 2.19. The Kier molecular flexibility index (Phi) is 5.33. The molecular weight excluding hydrogens is 263 g/mol. The summed E-state index contributed by atoms with van der Waals surface area (Å²) >= 11 is 0. The maximum atomic E-state index is 13.8. The van der Waals surface area contributed by atoms with Gasteiger partial charge in [-0.1, -0.05) is 6.07 Å². The monoisotopic (exact) mass is 284 g/mol. The number of benzene rings is 1. The smallest absolute Gasteiger partial charge is 0.422 e. The normalized spacial score (nSPS) is 12.7. The predicted octanol–water partition coefficient (Wildman–Crippen LogP) is 2.92. The van der Waals surface area contributed by atoms with Gasteiger partial charge < -0.3 is 9.47 Å². The summed E-state index contributed by atoms with van der Waals surface area (Å²) in [5, 5.41) is 0. The van der Waals surface area contributed by atoms with E-state index in [0.717, 1.165) is 0 Å². The van der Waals surface area contributed by atoms with Gasteiger partial charge in [0.2, 0.25) is 0 Å². The van der Waals surface area contributed by atoms with E-state index < -0.39 is 23.6 Å². The lowest BCUT2D eigenvalue weighted by Gasteiger charge is -2.22. The fraction of sp³-hybridized carbons (Fsp3) is 0.500. The van der Waals surface area contributed by atoms with Crippen LogP contribution in [-0.2, 0) is 4.74 Å². The van der Waals surface area contributed by atoms with Crippen LogP contribution < -0.4 is 15.6 Å². The SMILES string of the molecule is COc1cccc(F)c1C(C)NNC(=O)OC(C)(C)C. The first-order valence-electron chi connectivity index (χ1n) is 6.31. The molecule has 20 heavy (non-hydrogen) atoms. The highest BCUT2D eigenvalue weighted by molar-refractivity contribution is 5.67. The van der Waals surface area contributed by atoms with Crippen molar-refractivity contribution < 1.29 is 18.7 Å². The fourth-order valence-corrected chi connectivity index (χ4v) is 1.66. The number of nitrogens with one attached hydrogen (secondary N) is 2. The topological polar surface area (TPSA) is 59.6 Å². The third kappa shape index (κ3) is 4.70. The molecule has 1 aromatic rings. The zero-order valence-electron chi connectivity index (χ0n) is 12.4. The molecule has 0 saturated carbocycles. The van der Waals surface area contributed by atoms with E-state index in [9.17, 15) is 9.18 Å². The van der Waals surface area contributed by atoms with Gasteiger partial charge in [-0.3, -0.25) is 5.43 Å². The highest BCUT2D eigenvalue weighted by atomic mass is 19.1. The number of ether oxygens (including phenoxy) is 2. The summed E-state index contributed by atoms with van der Waals surface area (Å²) in [5.74, 6) is 0.00586. The van der Waals surface area contributed by atoms with Crippen LogP contribution in [0, 0.1) is 5.82 Å². The Morgan fingerprint density at radius 2 is 2.00 bits per heavy atom. The van der Waals surface area contributed by atoms with Crippen molar-refractivity contribution in [2.24, 2.45) is 0 Å². The predicted molar refractivity (Wildman–Crippen MR) is 73.9 cm³/mol. The molecule has 1 atom stereocenters. The lowest BCUT2D eigenvalue weighted by Crippen LogP contribution is -2.42. The summed E-state index contributed by atoms with van der Waals surface area (Å²) in [7, 11) is 1.46. The molecule has 5 nitrogen and oxygen atoms in total. The lowest BCUT2D eigenvalue weighted by atomic mass is 10.1. The highest BCUT2D eigenvalue weighted by Crippen LogP contribution is 2.27. The molecule has 0 fully saturated rings. The van der Waals surface area contributed by atoms with Crippen molar-refractivity contribution in [2.45, 2.75) is 39.3 Å². The van der Waals surface area contributed by atoms with Crippen molar-refractivity contribution in [3.8, 4) is 5.75 Å². The second-order valence-corrected chi connectivity index (χ2v) is 5.35. The lowest BCUT2D eigenvalue weighted by molar-refractivity contribution is 0.0488. The molecule has 1 rings (SSSR count). The Morgan fingerprint density at radius 3 is 2.55 bits per heavy atom. The van der Waals surface area contributed by atoms with Crippen molar-refractivity contribution in [1.82, 2.24) is 10.9 Å². The molecule has 2 N–H and O–H groups in total. The van der Waals surface area contributed by atoms with E-state index in [1.54, 1.807) is 39.8 Å². The molecule has 0 aliphatic rings. The van der Waals surface area contributed by atoms with Gasteiger partial charge in [0.1, 0.15) is 17.2 Å². The summed E-state index contributed by atoms with van der Waals surface area (Å²) in [6, 6.07) is 4.08. The Morgan fingerprint density at radius 1 is 1.35 bits per heavy atom. The fourth-order valence-electron chi connectivity index (χ4n) is 1.66. The number of carbonyl (C=O) groups excluding carboxylic acids is 1. The van der Waals surface area contributed by atoms with E-state index in [1.165, 1.54) is 13.2 Å². The van der Waals surface area contributed by atoms with Gasteiger partial charge in [0.05, 0.1) is 13.2 Å². The number of hydrazine groups is 1. The van der Waals surface area contributed by atoms with Gasteiger partial charge in [-0.25, -0.2) is 14.6 Å². The molecule has 1 amide bonds. The third-order valence-electron chi connectivity index (χ3n) is 2.46.